The molecule has 0 saturated heterocycles. The van der Waals surface area contributed by atoms with Gasteiger partial charge in [-0.25, -0.2) is 0 Å². The van der Waals surface area contributed by atoms with Crippen LogP contribution in [0.3, 0.4) is 0 Å². The third-order valence-corrected chi connectivity index (χ3v) is 1.40. The fourth-order valence-electron chi connectivity index (χ4n) is 0.901. The van der Waals surface area contributed by atoms with Gasteiger partial charge < -0.3 is 15.7 Å². The number of carbonyl (C=O) groups is 3. The predicted molar refractivity (Wildman–Crippen MR) is 52.8 cm³/mol. The summed E-state index contributed by atoms with van der Waals surface area (Å²) in [5.74, 6) is -2.46. The number of allylic oxidation sites excluding steroid dienone is 1. The van der Waals surface area contributed by atoms with Crippen molar-refractivity contribution in [2.75, 3.05) is 13.1 Å². The number of carboxylic acid groups (broad SMARTS) is 1. The second-order valence-electron chi connectivity index (χ2n) is 3.28. The van der Waals surface area contributed by atoms with Gasteiger partial charge in [0.25, 0.3) is 0 Å². The first kappa shape index (κ1) is 13.2. The van der Waals surface area contributed by atoms with Crippen molar-refractivity contribution in [2.45, 2.75) is 13.8 Å². The largest absolute Gasteiger partial charge is 0.480 e. The van der Waals surface area contributed by atoms with E-state index in [1.54, 1.807) is 13.8 Å². The lowest BCUT2D eigenvalue weighted by Crippen LogP contribution is -2.40. The van der Waals surface area contributed by atoms with Crippen molar-refractivity contribution in [2.24, 2.45) is 5.73 Å². The average molecular weight is 214 g/mol. The second kappa shape index (κ2) is 5.79. The Kier molecular flexibility index (Phi) is 5.08. The van der Waals surface area contributed by atoms with Crippen molar-refractivity contribution in [3.8, 4) is 0 Å². The van der Waals surface area contributed by atoms with Crippen LogP contribution in [0.2, 0.25) is 0 Å². The lowest BCUT2D eigenvalue weighted by Gasteiger charge is -2.16. The van der Waals surface area contributed by atoms with Crippen LogP contribution in [0, 0.1) is 0 Å². The van der Waals surface area contributed by atoms with Crippen LogP contribution >= 0.6 is 0 Å². The minimum Gasteiger partial charge on any atom is -0.480 e. The van der Waals surface area contributed by atoms with E-state index in [9.17, 15) is 14.4 Å². The Morgan fingerprint density at radius 2 is 1.80 bits per heavy atom. The monoisotopic (exact) mass is 214 g/mol. The lowest BCUT2D eigenvalue weighted by molar-refractivity contribution is -0.143. The van der Waals surface area contributed by atoms with Crippen molar-refractivity contribution in [3.05, 3.63) is 11.6 Å². The summed E-state index contributed by atoms with van der Waals surface area (Å²) in [5.41, 5.74) is 5.61. The maximum absolute atomic E-state index is 11.4. The van der Waals surface area contributed by atoms with Crippen molar-refractivity contribution < 1.29 is 19.5 Å². The molecular formula is C9H14N2O4. The average Bonchev–Trinajstić information content (AvgIpc) is 1.99. The molecule has 2 amide bonds. The van der Waals surface area contributed by atoms with Crippen LogP contribution < -0.4 is 5.73 Å². The van der Waals surface area contributed by atoms with Crippen molar-refractivity contribution in [1.29, 1.82) is 0 Å². The standard InChI is InChI=1S/C9H14N2O4/c1-6(2)3-8(13)11(4-7(10)12)5-9(14)15/h3H,4-5H2,1-2H3,(H2,10,12)(H,14,15). The summed E-state index contributed by atoms with van der Waals surface area (Å²) in [7, 11) is 0. The molecule has 0 rings (SSSR count). The summed E-state index contributed by atoms with van der Waals surface area (Å²) in [6, 6.07) is 0. The number of nitrogens with two attached hydrogens (primary N) is 1. The Hall–Kier alpha value is -1.85. The van der Waals surface area contributed by atoms with Gasteiger partial charge in [0.2, 0.25) is 11.8 Å². The molecule has 6 nitrogen and oxygen atoms in total. The number of hydrogen-bond acceptors (Lipinski definition) is 3. The van der Waals surface area contributed by atoms with Gasteiger partial charge in [-0.1, -0.05) is 5.57 Å². The molecule has 84 valence electrons. The highest BCUT2D eigenvalue weighted by Gasteiger charge is 2.16. The van der Waals surface area contributed by atoms with E-state index in [1.165, 1.54) is 6.08 Å². The van der Waals surface area contributed by atoms with Crippen LogP contribution in [0.25, 0.3) is 0 Å². The zero-order valence-corrected chi connectivity index (χ0v) is 8.69. The van der Waals surface area contributed by atoms with Crippen LogP contribution in [-0.2, 0) is 14.4 Å². The van der Waals surface area contributed by atoms with Gasteiger partial charge >= 0.3 is 5.97 Å². The van der Waals surface area contributed by atoms with E-state index in [4.69, 9.17) is 10.8 Å². The van der Waals surface area contributed by atoms with E-state index >= 15 is 0 Å². The van der Waals surface area contributed by atoms with Gasteiger partial charge in [-0.3, -0.25) is 14.4 Å². The van der Waals surface area contributed by atoms with Crippen LogP contribution in [-0.4, -0.2) is 40.9 Å². The fraction of sp³-hybridized carbons (Fsp3) is 0.444. The van der Waals surface area contributed by atoms with E-state index < -0.39 is 30.9 Å². The van der Waals surface area contributed by atoms with Crippen LogP contribution in [0.15, 0.2) is 11.6 Å². The van der Waals surface area contributed by atoms with Gasteiger partial charge in [-0.2, -0.15) is 0 Å². The molecule has 6 heteroatoms. The van der Waals surface area contributed by atoms with Crippen molar-refractivity contribution >= 4 is 17.8 Å². The first-order valence-electron chi connectivity index (χ1n) is 4.27. The summed E-state index contributed by atoms with van der Waals surface area (Å²) in [5, 5.41) is 8.51. The second-order valence-corrected chi connectivity index (χ2v) is 3.28. The molecule has 0 aliphatic rings. The Morgan fingerprint density at radius 3 is 2.13 bits per heavy atom. The number of rotatable bonds is 5. The molecule has 0 spiro atoms. The summed E-state index contributed by atoms with van der Waals surface area (Å²) in [4.78, 5) is 33.3. The molecule has 0 aromatic heterocycles. The van der Waals surface area contributed by atoms with E-state index in [0.29, 0.717) is 0 Å². The molecular weight excluding hydrogens is 200 g/mol. The number of hydrogen-bond donors (Lipinski definition) is 2. The molecule has 0 saturated carbocycles. The van der Waals surface area contributed by atoms with Crippen LogP contribution in [0.1, 0.15) is 13.8 Å². The smallest absolute Gasteiger partial charge is 0.323 e. The topological polar surface area (TPSA) is 101 Å². The van der Waals surface area contributed by atoms with Gasteiger partial charge in [-0.15, -0.1) is 0 Å². The molecule has 0 fully saturated rings. The molecule has 0 aromatic carbocycles. The highest BCUT2D eigenvalue weighted by atomic mass is 16.4. The summed E-state index contributed by atoms with van der Waals surface area (Å²) in [6.07, 6.45) is 1.26. The number of amides is 2. The molecule has 0 aromatic rings. The number of nitrogens with zero attached hydrogens (tertiary/aromatic N) is 1. The number of aliphatic carboxylic acids is 1. The zero-order chi connectivity index (χ0) is 12.0. The quantitative estimate of drug-likeness (QED) is 0.594. The zero-order valence-electron chi connectivity index (χ0n) is 8.69. The van der Waals surface area contributed by atoms with Gasteiger partial charge in [0.15, 0.2) is 0 Å². The van der Waals surface area contributed by atoms with Crippen molar-refractivity contribution in [1.82, 2.24) is 4.90 Å². The highest BCUT2D eigenvalue weighted by Crippen LogP contribution is 1.96. The SMILES string of the molecule is CC(C)=CC(=O)N(CC(N)=O)CC(=O)O. The van der Waals surface area contributed by atoms with Crippen LogP contribution in [0.5, 0.6) is 0 Å². The number of primary amides is 1. The summed E-state index contributed by atoms with van der Waals surface area (Å²) >= 11 is 0. The van der Waals surface area contributed by atoms with Crippen molar-refractivity contribution in [3.63, 3.8) is 0 Å². The molecule has 0 bridgehead atoms. The molecule has 0 aliphatic heterocycles. The van der Waals surface area contributed by atoms with Gasteiger partial charge in [0.1, 0.15) is 13.1 Å². The Balaban J connectivity index is 4.61. The summed E-state index contributed by atoms with van der Waals surface area (Å²) < 4.78 is 0. The lowest BCUT2D eigenvalue weighted by atomic mass is 10.3. The Bertz CT molecular complexity index is 289. The maximum Gasteiger partial charge on any atom is 0.323 e. The molecule has 3 N–H and O–H groups in total. The normalized spacial score (nSPS) is 9.20. The summed E-state index contributed by atoms with van der Waals surface area (Å²) in [6.45, 7) is 2.46. The molecule has 0 radical (unpaired) electrons. The van der Waals surface area contributed by atoms with E-state index in [0.717, 1.165) is 10.5 Å². The molecule has 0 heterocycles. The Morgan fingerprint density at radius 1 is 1.27 bits per heavy atom. The molecule has 0 unspecified atom stereocenters. The number of carbonyl (C=O) groups excluding carboxylic acids is 2. The molecule has 15 heavy (non-hydrogen) atoms. The van der Waals surface area contributed by atoms with Crippen LogP contribution in [0.4, 0.5) is 0 Å². The minimum absolute atomic E-state index is 0.394. The molecule has 0 atom stereocenters. The van der Waals surface area contributed by atoms with Gasteiger partial charge in [0, 0.05) is 6.08 Å². The van der Waals surface area contributed by atoms with E-state index in [-0.39, 0.29) is 0 Å². The first-order chi connectivity index (χ1) is 6.82. The fourth-order valence-corrected chi connectivity index (χ4v) is 0.901. The number of carboxylic acids is 1. The Labute approximate surface area is 87.3 Å². The van der Waals surface area contributed by atoms with E-state index in [2.05, 4.69) is 0 Å². The molecule has 0 aliphatic carbocycles. The van der Waals surface area contributed by atoms with E-state index in [1.807, 2.05) is 0 Å². The third-order valence-electron chi connectivity index (χ3n) is 1.40. The van der Waals surface area contributed by atoms with Gasteiger partial charge in [-0.05, 0) is 13.8 Å². The highest BCUT2D eigenvalue weighted by molar-refractivity contribution is 5.93. The third kappa shape index (κ3) is 6.25. The van der Waals surface area contributed by atoms with Gasteiger partial charge in [0.05, 0.1) is 0 Å². The first-order valence-corrected chi connectivity index (χ1v) is 4.27. The predicted octanol–water partition coefficient (Wildman–Crippen LogP) is -0.649. The maximum atomic E-state index is 11.4. The minimum atomic E-state index is -1.19.